The van der Waals surface area contributed by atoms with Gasteiger partial charge >= 0.3 is 0 Å². The second-order valence-electron chi connectivity index (χ2n) is 5.13. The van der Waals surface area contributed by atoms with Crippen molar-refractivity contribution in [3.05, 3.63) is 65.1 Å². The van der Waals surface area contributed by atoms with E-state index in [9.17, 15) is 4.91 Å². The van der Waals surface area contributed by atoms with Crippen LogP contribution in [0.3, 0.4) is 0 Å². The van der Waals surface area contributed by atoms with Crippen molar-refractivity contribution in [2.24, 2.45) is 5.29 Å². The number of fused-ring (bicyclic) bond motifs is 1. The number of hydrogen-bond acceptors (Lipinski definition) is 3. The average Bonchev–Trinajstić information content (AvgIpc) is 2.49. The van der Waals surface area contributed by atoms with Gasteiger partial charge in [0.2, 0.25) is 0 Å². The van der Waals surface area contributed by atoms with E-state index in [1.165, 1.54) is 0 Å². The molecule has 1 N–H and O–H groups in total. The van der Waals surface area contributed by atoms with Crippen molar-refractivity contribution in [3.63, 3.8) is 0 Å². The summed E-state index contributed by atoms with van der Waals surface area (Å²) in [7, 11) is 0. The van der Waals surface area contributed by atoms with Crippen molar-refractivity contribution >= 4 is 11.4 Å². The molecule has 1 aliphatic heterocycles. The highest BCUT2D eigenvalue weighted by atomic mass is 16.3. The number of rotatable bonds is 3. The molecule has 0 fully saturated rings. The fourth-order valence-corrected chi connectivity index (χ4v) is 2.79. The van der Waals surface area contributed by atoms with Gasteiger partial charge in [0.25, 0.3) is 0 Å². The van der Waals surface area contributed by atoms with E-state index in [1.54, 1.807) is 5.01 Å². The highest BCUT2D eigenvalue weighted by molar-refractivity contribution is 5.59. The van der Waals surface area contributed by atoms with Crippen LogP contribution in [0.25, 0.3) is 0 Å². The van der Waals surface area contributed by atoms with E-state index >= 15 is 0 Å². The third-order valence-corrected chi connectivity index (χ3v) is 3.76. The van der Waals surface area contributed by atoms with Crippen molar-refractivity contribution in [1.82, 2.24) is 0 Å². The fraction of sp³-hybridized carbons (Fsp3) is 0.250. The summed E-state index contributed by atoms with van der Waals surface area (Å²) in [6.45, 7) is 2.02. The van der Waals surface area contributed by atoms with Gasteiger partial charge in [-0.1, -0.05) is 36.4 Å². The van der Waals surface area contributed by atoms with Crippen LogP contribution < -0.4 is 10.3 Å². The molecule has 1 aliphatic rings. The molecule has 2 unspecified atom stereocenters. The number of hydrogen-bond donors (Lipinski definition) is 1. The molecule has 0 aromatic heterocycles. The first-order valence-electron chi connectivity index (χ1n) is 6.82. The molecular formula is C16H17N3O. The largest absolute Gasteiger partial charge is 0.378 e. The van der Waals surface area contributed by atoms with Crippen molar-refractivity contribution in [2.75, 3.05) is 10.3 Å². The van der Waals surface area contributed by atoms with E-state index in [-0.39, 0.29) is 12.1 Å². The summed E-state index contributed by atoms with van der Waals surface area (Å²) in [5, 5.41) is 8.28. The zero-order chi connectivity index (χ0) is 13.9. The summed E-state index contributed by atoms with van der Waals surface area (Å²) in [6.07, 6.45) is 0.845. The maximum Gasteiger partial charge on any atom is 0.0682 e. The van der Waals surface area contributed by atoms with Gasteiger partial charge in [0, 0.05) is 5.69 Å². The molecule has 0 saturated heterocycles. The Kier molecular flexibility index (Phi) is 3.37. The predicted octanol–water partition coefficient (Wildman–Crippen LogP) is 4.12. The standard InChI is InChI=1S/C16H17N3O/c1-12-11-15(17-13-7-3-2-4-8-13)14-9-5-6-10-16(14)19(12)18-20/h2-10,12,15,17H,11H2,1H3. The Morgan fingerprint density at radius 1 is 1.10 bits per heavy atom. The molecule has 2 aromatic carbocycles. The van der Waals surface area contributed by atoms with Gasteiger partial charge < -0.3 is 5.32 Å². The molecule has 3 rings (SSSR count). The minimum Gasteiger partial charge on any atom is -0.378 e. The SMILES string of the molecule is CC1CC(Nc2ccccc2)c2ccccc2N1N=O. The molecular weight excluding hydrogens is 250 g/mol. The van der Waals surface area contributed by atoms with Crippen LogP contribution in [0, 0.1) is 4.91 Å². The number of benzene rings is 2. The third-order valence-electron chi connectivity index (χ3n) is 3.76. The van der Waals surface area contributed by atoms with Crippen LogP contribution in [0.2, 0.25) is 0 Å². The second kappa shape index (κ2) is 5.33. The maximum absolute atomic E-state index is 11.1. The zero-order valence-electron chi connectivity index (χ0n) is 11.4. The van der Waals surface area contributed by atoms with Crippen LogP contribution in [0.15, 0.2) is 59.9 Å². The smallest absolute Gasteiger partial charge is 0.0682 e. The van der Waals surface area contributed by atoms with E-state index in [4.69, 9.17) is 0 Å². The number of nitrogens with zero attached hydrogens (tertiary/aromatic N) is 2. The lowest BCUT2D eigenvalue weighted by molar-refractivity contribution is 0.522. The zero-order valence-corrected chi connectivity index (χ0v) is 11.4. The minimum atomic E-state index is 0.0867. The van der Waals surface area contributed by atoms with Gasteiger partial charge in [-0.15, -0.1) is 4.91 Å². The van der Waals surface area contributed by atoms with Crippen molar-refractivity contribution in [3.8, 4) is 0 Å². The minimum absolute atomic E-state index is 0.0867. The molecule has 4 heteroatoms. The number of para-hydroxylation sites is 2. The van der Waals surface area contributed by atoms with Crippen LogP contribution >= 0.6 is 0 Å². The van der Waals surface area contributed by atoms with Crippen molar-refractivity contribution < 1.29 is 0 Å². The van der Waals surface area contributed by atoms with E-state index in [2.05, 4.69) is 28.8 Å². The van der Waals surface area contributed by atoms with Gasteiger partial charge in [-0.05, 0) is 37.1 Å². The lowest BCUT2D eigenvalue weighted by atomic mass is 9.93. The first-order valence-corrected chi connectivity index (χ1v) is 6.82. The van der Waals surface area contributed by atoms with Crippen molar-refractivity contribution in [2.45, 2.75) is 25.4 Å². The summed E-state index contributed by atoms with van der Waals surface area (Å²) in [6, 6.07) is 18.4. The first kappa shape index (κ1) is 12.7. The average molecular weight is 267 g/mol. The molecule has 0 aliphatic carbocycles. The molecule has 102 valence electrons. The van der Waals surface area contributed by atoms with Gasteiger partial charge in [-0.2, -0.15) is 0 Å². The Bertz CT molecular complexity index is 600. The van der Waals surface area contributed by atoms with Crippen LogP contribution in [0.1, 0.15) is 24.9 Å². The van der Waals surface area contributed by atoms with Gasteiger partial charge in [-0.3, -0.25) is 0 Å². The van der Waals surface area contributed by atoms with E-state index in [0.717, 1.165) is 23.4 Å². The monoisotopic (exact) mass is 267 g/mol. The molecule has 20 heavy (non-hydrogen) atoms. The second-order valence-corrected chi connectivity index (χ2v) is 5.13. The summed E-state index contributed by atoms with van der Waals surface area (Å²) in [4.78, 5) is 11.1. The molecule has 0 saturated carbocycles. The summed E-state index contributed by atoms with van der Waals surface area (Å²) < 4.78 is 0. The van der Waals surface area contributed by atoms with Crippen LogP contribution in [-0.4, -0.2) is 6.04 Å². The Labute approximate surface area is 118 Å². The van der Waals surface area contributed by atoms with Gasteiger partial charge in [0.15, 0.2) is 0 Å². The fourth-order valence-electron chi connectivity index (χ4n) is 2.79. The normalized spacial score (nSPS) is 21.1. The topological polar surface area (TPSA) is 44.7 Å². The summed E-state index contributed by atoms with van der Waals surface area (Å²) in [5.74, 6) is 0. The quantitative estimate of drug-likeness (QED) is 0.851. The highest BCUT2D eigenvalue weighted by Crippen LogP contribution is 2.38. The Hall–Kier alpha value is -2.36. The molecule has 1 heterocycles. The molecule has 0 bridgehead atoms. The van der Waals surface area contributed by atoms with Crippen LogP contribution in [0.5, 0.6) is 0 Å². The van der Waals surface area contributed by atoms with Crippen molar-refractivity contribution in [1.29, 1.82) is 0 Å². The molecule has 0 amide bonds. The van der Waals surface area contributed by atoms with Gasteiger partial charge in [0.1, 0.15) is 0 Å². The number of anilines is 2. The molecule has 0 spiro atoms. The molecule has 0 radical (unpaired) electrons. The van der Waals surface area contributed by atoms with Gasteiger partial charge in [0.05, 0.1) is 23.1 Å². The summed E-state index contributed by atoms with van der Waals surface area (Å²) in [5.41, 5.74) is 3.11. The Morgan fingerprint density at radius 3 is 2.55 bits per heavy atom. The Balaban J connectivity index is 1.95. The van der Waals surface area contributed by atoms with E-state index < -0.39 is 0 Å². The van der Waals surface area contributed by atoms with E-state index in [1.807, 2.05) is 43.3 Å². The van der Waals surface area contributed by atoms with Crippen LogP contribution in [0.4, 0.5) is 11.4 Å². The maximum atomic E-state index is 11.1. The number of nitroso groups, excluding NO2 is 1. The number of nitrogens with one attached hydrogen (secondary N) is 1. The molecule has 4 nitrogen and oxygen atoms in total. The van der Waals surface area contributed by atoms with Gasteiger partial charge in [-0.25, -0.2) is 5.01 Å². The third kappa shape index (κ3) is 2.25. The lowest BCUT2D eigenvalue weighted by Gasteiger charge is -2.36. The highest BCUT2D eigenvalue weighted by Gasteiger charge is 2.30. The predicted molar refractivity (Wildman–Crippen MR) is 81.6 cm³/mol. The first-order chi connectivity index (χ1) is 9.79. The van der Waals surface area contributed by atoms with Crippen LogP contribution in [-0.2, 0) is 0 Å². The molecule has 2 atom stereocenters. The Morgan fingerprint density at radius 2 is 1.80 bits per heavy atom. The lowest BCUT2D eigenvalue weighted by Crippen LogP contribution is -2.36. The summed E-state index contributed by atoms with van der Waals surface area (Å²) >= 11 is 0. The van der Waals surface area contributed by atoms with E-state index in [0.29, 0.717) is 0 Å². The molecule has 2 aromatic rings.